The van der Waals surface area contributed by atoms with Crippen molar-refractivity contribution in [1.29, 1.82) is 0 Å². The lowest BCUT2D eigenvalue weighted by atomic mass is 9.85. The Morgan fingerprint density at radius 3 is 2.79 bits per heavy atom. The first-order valence-electron chi connectivity index (χ1n) is 6.90. The molecule has 2 N–H and O–H groups in total. The highest BCUT2D eigenvalue weighted by Crippen LogP contribution is 2.39. The van der Waals surface area contributed by atoms with E-state index in [-0.39, 0.29) is 5.54 Å². The Hall–Kier alpha value is -1.03. The highest BCUT2D eigenvalue weighted by atomic mass is 79.9. The Morgan fingerprint density at radius 1 is 1.47 bits per heavy atom. The number of benzene rings is 1. The van der Waals surface area contributed by atoms with Crippen LogP contribution in [0.5, 0.6) is 0 Å². The van der Waals surface area contributed by atoms with Gasteiger partial charge in [-0.05, 0) is 37.5 Å². The SMILES string of the molecule is CCC(C)N1C(N)=NCC1(CC)c1cccc(Br)c1. The third-order valence-corrected chi connectivity index (χ3v) is 4.68. The van der Waals surface area contributed by atoms with E-state index in [1.807, 2.05) is 0 Å². The van der Waals surface area contributed by atoms with Crippen LogP contribution in [0.2, 0.25) is 0 Å². The van der Waals surface area contributed by atoms with E-state index in [4.69, 9.17) is 5.73 Å². The predicted octanol–water partition coefficient (Wildman–Crippen LogP) is 3.48. The van der Waals surface area contributed by atoms with Crippen molar-refractivity contribution < 1.29 is 0 Å². The van der Waals surface area contributed by atoms with E-state index >= 15 is 0 Å². The smallest absolute Gasteiger partial charge is 0.192 e. The average Bonchev–Trinajstić information content (AvgIpc) is 2.76. The lowest BCUT2D eigenvalue weighted by Crippen LogP contribution is -2.53. The van der Waals surface area contributed by atoms with Gasteiger partial charge in [-0.3, -0.25) is 4.99 Å². The van der Waals surface area contributed by atoms with Crippen molar-refractivity contribution in [3.8, 4) is 0 Å². The molecule has 0 bridgehead atoms. The monoisotopic (exact) mass is 323 g/mol. The van der Waals surface area contributed by atoms with Gasteiger partial charge in [0, 0.05) is 10.5 Å². The molecule has 0 amide bonds. The average molecular weight is 324 g/mol. The summed E-state index contributed by atoms with van der Waals surface area (Å²) in [7, 11) is 0. The van der Waals surface area contributed by atoms with E-state index in [1.54, 1.807) is 0 Å². The number of guanidine groups is 1. The normalized spacial score (nSPS) is 24.4. The molecule has 4 heteroatoms. The van der Waals surface area contributed by atoms with Crippen LogP contribution in [0, 0.1) is 0 Å². The number of halogens is 1. The molecular formula is C15H22BrN3. The van der Waals surface area contributed by atoms with Gasteiger partial charge in [0.2, 0.25) is 0 Å². The quantitative estimate of drug-likeness (QED) is 0.921. The molecule has 2 rings (SSSR count). The Balaban J connectivity index is 2.48. The summed E-state index contributed by atoms with van der Waals surface area (Å²) in [5, 5.41) is 0. The van der Waals surface area contributed by atoms with E-state index in [2.05, 4.69) is 70.9 Å². The first-order chi connectivity index (χ1) is 9.05. The Kier molecular flexibility index (Phi) is 4.19. The zero-order chi connectivity index (χ0) is 14.0. The number of hydrogen-bond donors (Lipinski definition) is 1. The van der Waals surface area contributed by atoms with Crippen molar-refractivity contribution in [2.45, 2.75) is 45.2 Å². The molecule has 1 aromatic carbocycles. The van der Waals surface area contributed by atoms with Crippen LogP contribution in [0.15, 0.2) is 33.7 Å². The lowest BCUT2D eigenvalue weighted by molar-refractivity contribution is 0.146. The molecule has 0 aliphatic carbocycles. The highest BCUT2D eigenvalue weighted by molar-refractivity contribution is 9.10. The van der Waals surface area contributed by atoms with Crippen molar-refractivity contribution >= 4 is 21.9 Å². The van der Waals surface area contributed by atoms with Crippen LogP contribution < -0.4 is 5.73 Å². The van der Waals surface area contributed by atoms with E-state index in [9.17, 15) is 0 Å². The fraction of sp³-hybridized carbons (Fsp3) is 0.533. The topological polar surface area (TPSA) is 41.6 Å². The standard InChI is InChI=1S/C15H22BrN3/c1-4-11(3)19-14(17)18-10-15(19,5-2)12-7-6-8-13(16)9-12/h6-9,11H,4-5,10H2,1-3H3,(H2,17,18). The highest BCUT2D eigenvalue weighted by Gasteiger charge is 2.44. The summed E-state index contributed by atoms with van der Waals surface area (Å²) in [5.41, 5.74) is 7.34. The summed E-state index contributed by atoms with van der Waals surface area (Å²) in [6, 6.07) is 8.90. The molecule has 1 aliphatic rings. The molecule has 2 unspecified atom stereocenters. The summed E-state index contributed by atoms with van der Waals surface area (Å²) in [6.45, 7) is 7.37. The maximum absolute atomic E-state index is 6.15. The molecule has 0 spiro atoms. The maximum Gasteiger partial charge on any atom is 0.192 e. The van der Waals surface area contributed by atoms with Gasteiger partial charge in [-0.1, -0.05) is 41.9 Å². The molecule has 2 atom stereocenters. The molecule has 0 radical (unpaired) electrons. The van der Waals surface area contributed by atoms with Gasteiger partial charge in [-0.15, -0.1) is 0 Å². The van der Waals surface area contributed by atoms with Gasteiger partial charge < -0.3 is 10.6 Å². The second kappa shape index (κ2) is 5.53. The summed E-state index contributed by atoms with van der Waals surface area (Å²) >= 11 is 3.56. The molecule has 1 aliphatic heterocycles. The van der Waals surface area contributed by atoms with Gasteiger partial charge in [0.1, 0.15) is 0 Å². The summed E-state index contributed by atoms with van der Waals surface area (Å²) in [6.07, 6.45) is 2.06. The van der Waals surface area contributed by atoms with Crippen molar-refractivity contribution in [2.75, 3.05) is 6.54 Å². The van der Waals surface area contributed by atoms with Crippen LogP contribution in [-0.2, 0) is 5.54 Å². The molecule has 0 fully saturated rings. The first-order valence-corrected chi connectivity index (χ1v) is 7.69. The lowest BCUT2D eigenvalue weighted by Gasteiger charge is -2.42. The molecule has 1 aromatic rings. The van der Waals surface area contributed by atoms with Crippen LogP contribution in [0.3, 0.4) is 0 Å². The second-order valence-corrected chi connectivity index (χ2v) is 6.11. The molecule has 0 saturated heterocycles. The third kappa shape index (κ3) is 2.38. The molecule has 1 heterocycles. The minimum Gasteiger partial charge on any atom is -0.370 e. The number of aliphatic imine (C=N–C) groups is 1. The molecule has 19 heavy (non-hydrogen) atoms. The van der Waals surface area contributed by atoms with Crippen molar-refractivity contribution in [3.05, 3.63) is 34.3 Å². The van der Waals surface area contributed by atoms with Crippen LogP contribution >= 0.6 is 15.9 Å². The fourth-order valence-electron chi connectivity index (χ4n) is 2.91. The summed E-state index contributed by atoms with van der Waals surface area (Å²) in [4.78, 5) is 6.82. The van der Waals surface area contributed by atoms with Crippen LogP contribution in [-0.4, -0.2) is 23.4 Å². The van der Waals surface area contributed by atoms with Gasteiger partial charge in [0.15, 0.2) is 5.96 Å². The zero-order valence-corrected chi connectivity index (χ0v) is 13.4. The third-order valence-electron chi connectivity index (χ3n) is 4.19. The van der Waals surface area contributed by atoms with Gasteiger partial charge in [0.05, 0.1) is 12.1 Å². The Morgan fingerprint density at radius 2 is 2.21 bits per heavy atom. The zero-order valence-electron chi connectivity index (χ0n) is 11.9. The maximum atomic E-state index is 6.15. The van der Waals surface area contributed by atoms with Crippen molar-refractivity contribution in [3.63, 3.8) is 0 Å². The Labute approximate surface area is 124 Å². The minimum absolute atomic E-state index is 0.0940. The molecule has 0 saturated carbocycles. The summed E-state index contributed by atoms with van der Waals surface area (Å²) in [5.74, 6) is 0.677. The van der Waals surface area contributed by atoms with Crippen LogP contribution in [0.1, 0.15) is 39.2 Å². The van der Waals surface area contributed by atoms with Crippen LogP contribution in [0.4, 0.5) is 0 Å². The number of nitrogens with two attached hydrogens (primary N) is 1. The summed E-state index contributed by atoms with van der Waals surface area (Å²) < 4.78 is 1.10. The van der Waals surface area contributed by atoms with Gasteiger partial charge in [-0.25, -0.2) is 0 Å². The Bertz CT molecular complexity index is 486. The number of nitrogens with zero attached hydrogens (tertiary/aromatic N) is 2. The number of hydrogen-bond acceptors (Lipinski definition) is 3. The van der Waals surface area contributed by atoms with E-state index in [0.717, 1.165) is 23.9 Å². The predicted molar refractivity (Wildman–Crippen MR) is 84.2 cm³/mol. The van der Waals surface area contributed by atoms with Gasteiger partial charge in [-0.2, -0.15) is 0 Å². The number of rotatable bonds is 4. The molecule has 0 aromatic heterocycles. The van der Waals surface area contributed by atoms with E-state index in [0.29, 0.717) is 12.0 Å². The minimum atomic E-state index is -0.0940. The van der Waals surface area contributed by atoms with Crippen LogP contribution in [0.25, 0.3) is 0 Å². The molecule has 104 valence electrons. The van der Waals surface area contributed by atoms with E-state index in [1.165, 1.54) is 5.56 Å². The molecular weight excluding hydrogens is 302 g/mol. The van der Waals surface area contributed by atoms with Crippen molar-refractivity contribution in [2.24, 2.45) is 10.7 Å². The molecule has 3 nitrogen and oxygen atoms in total. The van der Waals surface area contributed by atoms with Gasteiger partial charge >= 0.3 is 0 Å². The van der Waals surface area contributed by atoms with Crippen molar-refractivity contribution in [1.82, 2.24) is 4.90 Å². The second-order valence-electron chi connectivity index (χ2n) is 5.20. The first kappa shape index (κ1) is 14.4. The van der Waals surface area contributed by atoms with E-state index < -0.39 is 0 Å². The largest absolute Gasteiger partial charge is 0.370 e. The fourth-order valence-corrected chi connectivity index (χ4v) is 3.31. The van der Waals surface area contributed by atoms with Gasteiger partial charge in [0.25, 0.3) is 0 Å².